The maximum Gasteiger partial charge on any atom is 0.170 e. The van der Waals surface area contributed by atoms with Crippen LogP contribution in [0.5, 0.6) is 17.2 Å². The predicted octanol–water partition coefficient (Wildman–Crippen LogP) is 5.86. The number of aromatic hydroxyl groups is 2. The predicted molar refractivity (Wildman–Crippen MR) is 110 cm³/mol. The first-order valence-corrected chi connectivity index (χ1v) is 9.39. The number of phenolic OH excluding ortho intramolecular Hbond substituents is 2. The van der Waals surface area contributed by atoms with Gasteiger partial charge in [0, 0.05) is 11.1 Å². The maximum absolute atomic E-state index is 11.4. The van der Waals surface area contributed by atoms with Crippen molar-refractivity contribution >= 4 is 12.4 Å². The molecule has 0 saturated heterocycles. The summed E-state index contributed by atoms with van der Waals surface area (Å²) in [6, 6.07) is 0. The van der Waals surface area contributed by atoms with Gasteiger partial charge in [-0.1, -0.05) is 29.4 Å². The van der Waals surface area contributed by atoms with Gasteiger partial charge in [0.1, 0.15) is 11.4 Å². The standard InChI is InChI=1S/C23H30O4/c1-15(2)8-6-9-16(3)10-7-12-23(5)13-11-18-19(14-24)20(25)17(4)21(26)22(18)27-23/h8,10-11,13-14,25-26H,6-7,9,12H2,1-5H3/b16-10+/t23-/m1/s1. The molecule has 1 aromatic rings. The first kappa shape index (κ1) is 20.8. The minimum absolute atomic E-state index is 0.114. The Kier molecular flexibility index (Phi) is 6.53. The third-order valence-electron chi connectivity index (χ3n) is 5.00. The van der Waals surface area contributed by atoms with E-state index in [0.29, 0.717) is 11.8 Å². The van der Waals surface area contributed by atoms with E-state index in [4.69, 9.17) is 4.74 Å². The van der Waals surface area contributed by atoms with Crippen LogP contribution < -0.4 is 4.74 Å². The van der Waals surface area contributed by atoms with Crippen molar-refractivity contribution in [2.75, 3.05) is 0 Å². The van der Waals surface area contributed by atoms with Gasteiger partial charge >= 0.3 is 0 Å². The van der Waals surface area contributed by atoms with Gasteiger partial charge in [-0.15, -0.1) is 0 Å². The zero-order valence-corrected chi connectivity index (χ0v) is 16.9. The second-order valence-electron chi connectivity index (χ2n) is 7.75. The summed E-state index contributed by atoms with van der Waals surface area (Å²) in [6.07, 6.45) is 12.4. The Morgan fingerprint density at radius 3 is 2.48 bits per heavy atom. The third-order valence-corrected chi connectivity index (χ3v) is 5.00. The molecule has 0 aliphatic carbocycles. The number of carbonyl (C=O) groups is 1. The summed E-state index contributed by atoms with van der Waals surface area (Å²) >= 11 is 0. The highest BCUT2D eigenvalue weighted by Crippen LogP contribution is 2.47. The molecule has 2 rings (SSSR count). The zero-order valence-electron chi connectivity index (χ0n) is 16.9. The molecule has 1 aliphatic rings. The average Bonchev–Trinajstić information content (AvgIpc) is 2.60. The number of aldehydes is 1. The molecule has 1 atom stereocenters. The minimum Gasteiger partial charge on any atom is -0.507 e. The van der Waals surface area contributed by atoms with Crippen LogP contribution in [0.15, 0.2) is 29.4 Å². The van der Waals surface area contributed by atoms with Crippen LogP contribution in [0.25, 0.3) is 6.08 Å². The summed E-state index contributed by atoms with van der Waals surface area (Å²) in [4.78, 5) is 11.4. The summed E-state index contributed by atoms with van der Waals surface area (Å²) < 4.78 is 6.08. The van der Waals surface area contributed by atoms with E-state index in [2.05, 4.69) is 32.9 Å². The zero-order chi connectivity index (χ0) is 20.2. The highest BCUT2D eigenvalue weighted by Gasteiger charge is 2.32. The van der Waals surface area contributed by atoms with Crippen LogP contribution in [-0.2, 0) is 0 Å². The molecule has 0 spiro atoms. The number of hydrogen-bond donors (Lipinski definition) is 2. The number of benzene rings is 1. The van der Waals surface area contributed by atoms with Crippen molar-refractivity contribution in [1.29, 1.82) is 0 Å². The van der Waals surface area contributed by atoms with E-state index in [9.17, 15) is 15.0 Å². The van der Waals surface area contributed by atoms with E-state index >= 15 is 0 Å². The number of allylic oxidation sites excluding steroid dienone is 4. The summed E-state index contributed by atoms with van der Waals surface area (Å²) in [5.41, 5.74) is 2.94. The Labute approximate surface area is 161 Å². The molecule has 0 amide bonds. The van der Waals surface area contributed by atoms with E-state index in [1.54, 1.807) is 13.0 Å². The van der Waals surface area contributed by atoms with Crippen molar-refractivity contribution in [2.45, 2.75) is 65.9 Å². The average molecular weight is 370 g/mol. The number of ether oxygens (including phenoxy) is 1. The number of phenols is 2. The minimum atomic E-state index is -0.579. The molecule has 0 bridgehead atoms. The van der Waals surface area contributed by atoms with Crippen molar-refractivity contribution in [1.82, 2.24) is 0 Å². The van der Waals surface area contributed by atoms with E-state index in [-0.39, 0.29) is 28.4 Å². The Balaban J connectivity index is 2.12. The lowest BCUT2D eigenvalue weighted by Gasteiger charge is -2.33. The largest absolute Gasteiger partial charge is 0.507 e. The summed E-state index contributed by atoms with van der Waals surface area (Å²) in [5, 5.41) is 20.5. The second kappa shape index (κ2) is 8.47. The molecule has 4 heteroatoms. The molecule has 1 heterocycles. The number of carbonyl (C=O) groups excluding carboxylic acids is 1. The fraction of sp³-hybridized carbons (Fsp3) is 0.435. The number of rotatable bonds is 7. The van der Waals surface area contributed by atoms with Gasteiger partial charge in [-0.2, -0.15) is 0 Å². The van der Waals surface area contributed by atoms with Gasteiger partial charge in [-0.3, -0.25) is 4.79 Å². The molecular formula is C23H30O4. The van der Waals surface area contributed by atoms with Crippen molar-refractivity contribution < 1.29 is 19.7 Å². The van der Waals surface area contributed by atoms with Gasteiger partial charge in [0.15, 0.2) is 17.8 Å². The molecule has 0 unspecified atom stereocenters. The highest BCUT2D eigenvalue weighted by atomic mass is 16.5. The molecule has 2 N–H and O–H groups in total. The third kappa shape index (κ3) is 4.82. The molecule has 146 valence electrons. The van der Waals surface area contributed by atoms with Gasteiger partial charge in [0.25, 0.3) is 0 Å². The van der Waals surface area contributed by atoms with Crippen LogP contribution in [0.3, 0.4) is 0 Å². The number of hydrogen-bond acceptors (Lipinski definition) is 4. The Hall–Kier alpha value is -2.49. The first-order valence-electron chi connectivity index (χ1n) is 9.39. The second-order valence-corrected chi connectivity index (χ2v) is 7.75. The lowest BCUT2D eigenvalue weighted by Crippen LogP contribution is -2.32. The van der Waals surface area contributed by atoms with Crippen LogP contribution in [0.4, 0.5) is 0 Å². The van der Waals surface area contributed by atoms with E-state index in [0.717, 1.165) is 25.7 Å². The summed E-state index contributed by atoms with van der Waals surface area (Å²) in [5.74, 6) is -0.0493. The molecular weight excluding hydrogens is 340 g/mol. The SMILES string of the molecule is CC(C)=CCC/C(C)=C/CC[C@]1(C)C=Cc2c(C=O)c(O)c(C)c(O)c2O1. The van der Waals surface area contributed by atoms with Crippen molar-refractivity contribution in [3.05, 3.63) is 46.1 Å². The van der Waals surface area contributed by atoms with Gasteiger partial charge in [-0.25, -0.2) is 0 Å². The van der Waals surface area contributed by atoms with Crippen LogP contribution in [0.2, 0.25) is 0 Å². The van der Waals surface area contributed by atoms with Crippen LogP contribution in [0.1, 0.15) is 74.9 Å². The van der Waals surface area contributed by atoms with Gasteiger partial charge in [0.2, 0.25) is 0 Å². The van der Waals surface area contributed by atoms with E-state index < -0.39 is 5.60 Å². The monoisotopic (exact) mass is 370 g/mol. The molecule has 0 aromatic heterocycles. The molecule has 27 heavy (non-hydrogen) atoms. The fourth-order valence-corrected chi connectivity index (χ4v) is 3.21. The fourth-order valence-electron chi connectivity index (χ4n) is 3.21. The van der Waals surface area contributed by atoms with Crippen LogP contribution in [0, 0.1) is 6.92 Å². The molecule has 0 radical (unpaired) electrons. The van der Waals surface area contributed by atoms with Gasteiger partial charge in [0.05, 0.1) is 5.56 Å². The van der Waals surface area contributed by atoms with Gasteiger partial charge in [-0.05, 0) is 66.4 Å². The highest BCUT2D eigenvalue weighted by molar-refractivity contribution is 5.91. The van der Waals surface area contributed by atoms with Gasteiger partial charge < -0.3 is 14.9 Å². The van der Waals surface area contributed by atoms with Crippen molar-refractivity contribution in [3.63, 3.8) is 0 Å². The first-order chi connectivity index (χ1) is 12.7. The topological polar surface area (TPSA) is 66.8 Å². The Morgan fingerprint density at radius 2 is 1.85 bits per heavy atom. The molecule has 0 saturated carbocycles. The van der Waals surface area contributed by atoms with Crippen LogP contribution in [-0.4, -0.2) is 22.1 Å². The Morgan fingerprint density at radius 1 is 1.15 bits per heavy atom. The maximum atomic E-state index is 11.4. The Bertz CT molecular complexity index is 810. The smallest absolute Gasteiger partial charge is 0.170 e. The molecule has 1 aromatic carbocycles. The van der Waals surface area contributed by atoms with E-state index in [1.165, 1.54) is 11.1 Å². The van der Waals surface area contributed by atoms with E-state index in [1.807, 2.05) is 13.0 Å². The van der Waals surface area contributed by atoms with Crippen molar-refractivity contribution in [3.8, 4) is 17.2 Å². The lowest BCUT2D eigenvalue weighted by molar-refractivity contribution is 0.111. The molecule has 4 nitrogen and oxygen atoms in total. The van der Waals surface area contributed by atoms with Crippen LogP contribution >= 0.6 is 0 Å². The normalized spacial score (nSPS) is 18.6. The molecule has 1 aliphatic heterocycles. The molecule has 0 fully saturated rings. The number of fused-ring (bicyclic) bond motifs is 1. The van der Waals surface area contributed by atoms with Crippen molar-refractivity contribution in [2.24, 2.45) is 0 Å². The summed E-state index contributed by atoms with van der Waals surface area (Å²) in [7, 11) is 0. The quantitative estimate of drug-likeness (QED) is 0.466. The summed E-state index contributed by atoms with van der Waals surface area (Å²) in [6.45, 7) is 9.88. The lowest BCUT2D eigenvalue weighted by atomic mass is 9.91.